The summed E-state index contributed by atoms with van der Waals surface area (Å²) in [4.78, 5) is 18.4. The van der Waals surface area contributed by atoms with Gasteiger partial charge in [0.2, 0.25) is 0 Å². The lowest BCUT2D eigenvalue weighted by atomic mass is 9.74. The van der Waals surface area contributed by atoms with Crippen molar-refractivity contribution in [1.29, 1.82) is 0 Å². The van der Waals surface area contributed by atoms with Gasteiger partial charge in [0.15, 0.2) is 0 Å². The summed E-state index contributed by atoms with van der Waals surface area (Å²) in [6, 6.07) is 17.3. The van der Waals surface area contributed by atoms with E-state index in [4.69, 9.17) is 4.74 Å². The third kappa shape index (κ3) is 4.84. The van der Waals surface area contributed by atoms with Gasteiger partial charge in [-0.05, 0) is 81.4 Å². The van der Waals surface area contributed by atoms with Crippen molar-refractivity contribution in [3.8, 4) is 5.75 Å². The molecule has 1 amide bonds. The fraction of sp³-hybridized carbons (Fsp3) is 0.552. The predicted octanol–water partition coefficient (Wildman–Crippen LogP) is 4.03. The maximum Gasteiger partial charge on any atom is 0.254 e. The Morgan fingerprint density at radius 2 is 1.71 bits per heavy atom. The average Bonchev–Trinajstić information content (AvgIpc) is 3.48. The molecule has 35 heavy (non-hydrogen) atoms. The fourth-order valence-corrected chi connectivity index (χ4v) is 6.47. The second-order valence-electron chi connectivity index (χ2n) is 10.7. The molecule has 1 saturated carbocycles. The van der Waals surface area contributed by atoms with Gasteiger partial charge in [0.1, 0.15) is 12.4 Å². The maximum atomic E-state index is 14.0. The van der Waals surface area contributed by atoms with E-state index in [-0.39, 0.29) is 18.0 Å². The van der Waals surface area contributed by atoms with E-state index in [2.05, 4.69) is 17.0 Å². The number of amides is 1. The molecule has 2 N–H and O–H groups in total. The monoisotopic (exact) mass is 478 g/mol. The van der Waals surface area contributed by atoms with E-state index in [1.54, 1.807) is 0 Å². The summed E-state index contributed by atoms with van der Waals surface area (Å²) in [6.07, 6.45) is 3.68. The molecule has 188 valence electrons. The van der Waals surface area contributed by atoms with Crippen molar-refractivity contribution in [2.75, 3.05) is 26.2 Å². The van der Waals surface area contributed by atoms with Gasteiger partial charge in [-0.1, -0.05) is 37.3 Å². The second kappa shape index (κ2) is 10.3. The quantitative estimate of drug-likeness (QED) is 0.656. The summed E-state index contributed by atoms with van der Waals surface area (Å²) in [5.74, 6) is 0.749. The number of carbonyl (C=O) groups is 1. The molecule has 1 aliphatic carbocycles. The van der Waals surface area contributed by atoms with Gasteiger partial charge >= 0.3 is 0 Å². The molecule has 2 aliphatic heterocycles. The van der Waals surface area contributed by atoms with Crippen LogP contribution in [0.4, 0.5) is 0 Å². The van der Waals surface area contributed by atoms with E-state index < -0.39 is 17.6 Å². The van der Waals surface area contributed by atoms with Crippen molar-refractivity contribution in [3.63, 3.8) is 0 Å². The first-order valence-corrected chi connectivity index (χ1v) is 13.2. The van der Waals surface area contributed by atoms with Gasteiger partial charge in [0.25, 0.3) is 5.91 Å². The third-order valence-electron chi connectivity index (χ3n) is 8.48. The molecular formula is C29H38N2O4. The molecule has 2 saturated heterocycles. The topological polar surface area (TPSA) is 73.2 Å². The molecular weight excluding hydrogens is 440 g/mol. The molecule has 2 heterocycles. The van der Waals surface area contributed by atoms with Gasteiger partial charge < -0.3 is 19.8 Å². The first-order valence-electron chi connectivity index (χ1n) is 13.2. The van der Waals surface area contributed by atoms with Crippen LogP contribution in [0.5, 0.6) is 5.75 Å². The summed E-state index contributed by atoms with van der Waals surface area (Å²) < 4.78 is 5.94. The molecule has 0 spiro atoms. The molecule has 0 unspecified atom stereocenters. The zero-order valence-corrected chi connectivity index (χ0v) is 20.7. The molecule has 5 rings (SSSR count). The van der Waals surface area contributed by atoms with Crippen LogP contribution in [0.3, 0.4) is 0 Å². The third-order valence-corrected chi connectivity index (χ3v) is 8.48. The number of fused-ring (bicyclic) bond motifs is 1. The van der Waals surface area contributed by atoms with Gasteiger partial charge in [-0.3, -0.25) is 9.69 Å². The standard InChI is InChI=1S/C29H38N2O4/c1-29-20-24(21-8-3-2-4-9-21)31(26(29)11-7-10-25(32)27(29)33)28(34)22-12-14-23(15-13-22)35-19-18-30-16-5-6-17-30/h2-4,8-9,12-15,24-27,32-33H,5-7,10-11,16-20H2,1H3/t24-,25-,26-,27+,29-/m1/s1. The van der Waals surface area contributed by atoms with E-state index in [0.29, 0.717) is 25.0 Å². The zero-order valence-electron chi connectivity index (χ0n) is 20.7. The highest BCUT2D eigenvalue weighted by atomic mass is 16.5. The van der Waals surface area contributed by atoms with Crippen molar-refractivity contribution in [3.05, 3.63) is 65.7 Å². The van der Waals surface area contributed by atoms with Crippen molar-refractivity contribution in [1.82, 2.24) is 9.80 Å². The van der Waals surface area contributed by atoms with Gasteiger partial charge in [0.05, 0.1) is 18.2 Å². The van der Waals surface area contributed by atoms with Crippen LogP contribution in [0.25, 0.3) is 0 Å². The number of ether oxygens (including phenoxy) is 1. The Kier molecular flexibility index (Phi) is 7.14. The molecule has 3 aliphatic rings. The summed E-state index contributed by atoms with van der Waals surface area (Å²) in [6.45, 7) is 5.93. The summed E-state index contributed by atoms with van der Waals surface area (Å²) in [5.41, 5.74) is 1.13. The van der Waals surface area contributed by atoms with Gasteiger partial charge in [0, 0.05) is 23.6 Å². The lowest BCUT2D eigenvalue weighted by Crippen LogP contribution is -2.49. The molecule has 2 aromatic carbocycles. The molecule has 0 aromatic heterocycles. The Balaban J connectivity index is 1.36. The van der Waals surface area contributed by atoms with Crippen LogP contribution in [0.15, 0.2) is 54.6 Å². The molecule has 3 fully saturated rings. The number of aliphatic hydroxyl groups is 2. The highest BCUT2D eigenvalue weighted by Crippen LogP contribution is 2.53. The highest BCUT2D eigenvalue weighted by Gasteiger charge is 2.57. The number of hydrogen-bond donors (Lipinski definition) is 2. The molecule has 0 radical (unpaired) electrons. The molecule has 2 aromatic rings. The number of likely N-dealkylation sites (tertiary alicyclic amines) is 2. The van der Waals surface area contributed by atoms with Crippen molar-refractivity contribution >= 4 is 5.91 Å². The Bertz CT molecular complexity index is 992. The van der Waals surface area contributed by atoms with Crippen LogP contribution in [0.2, 0.25) is 0 Å². The van der Waals surface area contributed by atoms with Gasteiger partial charge in [-0.25, -0.2) is 0 Å². The number of rotatable bonds is 6. The lowest BCUT2D eigenvalue weighted by Gasteiger charge is -2.38. The van der Waals surface area contributed by atoms with Crippen LogP contribution < -0.4 is 4.74 Å². The number of hydrogen-bond acceptors (Lipinski definition) is 5. The van der Waals surface area contributed by atoms with Crippen molar-refractivity contribution in [2.45, 2.75) is 69.7 Å². The largest absolute Gasteiger partial charge is 0.492 e. The smallest absolute Gasteiger partial charge is 0.254 e. The van der Waals surface area contributed by atoms with Crippen LogP contribution in [0.1, 0.15) is 67.4 Å². The van der Waals surface area contributed by atoms with E-state index in [9.17, 15) is 15.0 Å². The Morgan fingerprint density at radius 3 is 2.43 bits per heavy atom. The first kappa shape index (κ1) is 24.3. The minimum Gasteiger partial charge on any atom is -0.492 e. The number of benzene rings is 2. The Labute approximate surface area is 208 Å². The molecule has 5 atom stereocenters. The zero-order chi connectivity index (χ0) is 24.4. The Morgan fingerprint density at radius 1 is 1.00 bits per heavy atom. The Hall–Kier alpha value is -2.41. The van der Waals surface area contributed by atoms with Gasteiger partial charge in [-0.15, -0.1) is 0 Å². The minimum atomic E-state index is -0.856. The number of carbonyl (C=O) groups excluding carboxylic acids is 1. The highest BCUT2D eigenvalue weighted by molar-refractivity contribution is 5.95. The first-order chi connectivity index (χ1) is 17.0. The summed E-state index contributed by atoms with van der Waals surface area (Å²) >= 11 is 0. The lowest BCUT2D eigenvalue weighted by molar-refractivity contribution is -0.0612. The normalized spacial score (nSPS) is 31.2. The average molecular weight is 479 g/mol. The summed E-state index contributed by atoms with van der Waals surface area (Å²) in [7, 11) is 0. The number of aliphatic hydroxyl groups excluding tert-OH is 2. The van der Waals surface area contributed by atoms with E-state index >= 15 is 0 Å². The van der Waals surface area contributed by atoms with Crippen molar-refractivity contribution in [2.24, 2.45) is 5.41 Å². The summed E-state index contributed by atoms with van der Waals surface area (Å²) in [5, 5.41) is 21.7. The molecule has 6 nitrogen and oxygen atoms in total. The molecule has 0 bridgehead atoms. The van der Waals surface area contributed by atoms with Crippen LogP contribution in [-0.4, -0.2) is 70.4 Å². The minimum absolute atomic E-state index is 0.0280. The maximum absolute atomic E-state index is 14.0. The molecule has 6 heteroatoms. The van der Waals surface area contributed by atoms with Crippen LogP contribution in [0, 0.1) is 5.41 Å². The second-order valence-corrected chi connectivity index (χ2v) is 10.7. The SMILES string of the molecule is C[C@@]12C[C@H](c3ccccc3)N(C(=O)c3ccc(OCCN4CCCC4)cc3)[C@@H]1CCC[C@@H](O)[C@@H]2O. The van der Waals surface area contributed by atoms with E-state index in [1.165, 1.54) is 12.8 Å². The van der Waals surface area contributed by atoms with E-state index in [1.807, 2.05) is 54.3 Å². The van der Waals surface area contributed by atoms with Crippen LogP contribution in [-0.2, 0) is 0 Å². The van der Waals surface area contributed by atoms with Crippen LogP contribution >= 0.6 is 0 Å². The van der Waals surface area contributed by atoms with Crippen molar-refractivity contribution < 1.29 is 19.7 Å². The fourth-order valence-electron chi connectivity index (χ4n) is 6.47. The predicted molar refractivity (Wildman–Crippen MR) is 135 cm³/mol. The van der Waals surface area contributed by atoms with Gasteiger partial charge in [-0.2, -0.15) is 0 Å². The van der Waals surface area contributed by atoms with E-state index in [0.717, 1.165) is 43.8 Å². The number of nitrogens with zero attached hydrogens (tertiary/aromatic N) is 2.